The van der Waals surface area contributed by atoms with Crippen LogP contribution in [-0.4, -0.2) is 19.3 Å². The predicted octanol–water partition coefficient (Wildman–Crippen LogP) is 7.34. The van der Waals surface area contributed by atoms with Gasteiger partial charge in [0.2, 0.25) is 0 Å². The largest absolute Gasteiger partial charge is 0.313 e. The fourth-order valence-corrected chi connectivity index (χ4v) is 8.31. The van der Waals surface area contributed by atoms with E-state index in [0.29, 0.717) is 17.2 Å². The maximum absolute atomic E-state index is 13.3. The van der Waals surface area contributed by atoms with Crippen LogP contribution in [0.5, 0.6) is 0 Å². The monoisotopic (exact) mass is 577 g/mol. The molecule has 6 rings (SSSR count). The number of benzene rings is 3. The Kier molecular flexibility index (Phi) is 6.70. The van der Waals surface area contributed by atoms with Crippen molar-refractivity contribution in [2.24, 2.45) is 5.92 Å². The van der Waals surface area contributed by atoms with Crippen LogP contribution >= 0.6 is 22.7 Å². The molecule has 1 atom stereocenters. The normalized spacial score (nSPS) is 15.2. The number of hydrogen-bond acceptors (Lipinski definition) is 6. The lowest BCUT2D eigenvalue weighted by atomic mass is 9.88. The average Bonchev–Trinajstić information content (AvgIpc) is 3.49. The van der Waals surface area contributed by atoms with Crippen molar-refractivity contribution in [2.45, 2.75) is 31.1 Å². The van der Waals surface area contributed by atoms with Crippen LogP contribution in [0.2, 0.25) is 0 Å². The minimum atomic E-state index is -3.89. The summed E-state index contributed by atoms with van der Waals surface area (Å²) in [7, 11) is -3.89. The van der Waals surface area contributed by atoms with Crippen molar-refractivity contribution < 1.29 is 17.6 Å². The summed E-state index contributed by atoms with van der Waals surface area (Å²) in [6.45, 7) is 2.25. The van der Waals surface area contributed by atoms with Gasteiger partial charge in [-0.15, -0.1) is 22.7 Å². The number of anilines is 2. The Morgan fingerprint density at radius 2 is 1.74 bits per heavy atom. The third-order valence-corrected chi connectivity index (χ3v) is 10.4. The third-order valence-electron chi connectivity index (χ3n) is 6.77. The van der Waals surface area contributed by atoms with E-state index in [2.05, 4.69) is 23.0 Å². The summed E-state index contributed by atoms with van der Waals surface area (Å²) in [5.41, 5.74) is 3.93. The number of aromatic nitrogens is 1. The highest BCUT2D eigenvalue weighted by Gasteiger charge is 2.27. The minimum absolute atomic E-state index is 0.0518. The molecule has 0 fully saturated rings. The summed E-state index contributed by atoms with van der Waals surface area (Å²) in [5, 5.41) is 4.81. The zero-order valence-corrected chi connectivity index (χ0v) is 23.4. The van der Waals surface area contributed by atoms with Gasteiger partial charge in [0.05, 0.1) is 15.1 Å². The van der Waals surface area contributed by atoms with Gasteiger partial charge in [0.1, 0.15) is 15.8 Å². The van der Waals surface area contributed by atoms with Crippen molar-refractivity contribution in [3.8, 4) is 10.6 Å². The molecule has 0 saturated carbocycles. The number of carbonyl (C=O) groups excluding carboxylic acids is 1. The minimum Gasteiger partial charge on any atom is -0.313 e. The van der Waals surface area contributed by atoms with Crippen molar-refractivity contribution in [3.05, 3.63) is 94.6 Å². The summed E-state index contributed by atoms with van der Waals surface area (Å²) in [4.78, 5) is 19.4. The average molecular weight is 578 g/mol. The van der Waals surface area contributed by atoms with Gasteiger partial charge in [-0.1, -0.05) is 19.1 Å². The lowest BCUT2D eigenvalue weighted by Gasteiger charge is -2.18. The molecule has 5 aromatic rings. The lowest BCUT2D eigenvalue weighted by Crippen LogP contribution is -2.14. The van der Waals surface area contributed by atoms with Crippen molar-refractivity contribution in [1.82, 2.24) is 4.98 Å². The molecule has 0 spiro atoms. The Bertz CT molecular complexity index is 1760. The van der Waals surface area contributed by atoms with E-state index in [1.165, 1.54) is 34.7 Å². The molecule has 0 bridgehead atoms. The summed E-state index contributed by atoms with van der Waals surface area (Å²) < 4.78 is 42.0. The van der Waals surface area contributed by atoms with Gasteiger partial charge < -0.3 is 5.32 Å². The number of thiophene rings is 1. The molecule has 2 aromatic heterocycles. The first-order valence-corrected chi connectivity index (χ1v) is 15.6. The van der Waals surface area contributed by atoms with E-state index < -0.39 is 15.8 Å². The van der Waals surface area contributed by atoms with Gasteiger partial charge in [0, 0.05) is 21.7 Å². The zero-order chi connectivity index (χ0) is 27.1. The number of amides is 1. The number of halogens is 1. The summed E-state index contributed by atoms with van der Waals surface area (Å²) >= 11 is 3.25. The third kappa shape index (κ3) is 5.19. The standard InChI is InChI=1S/C29H24FN3O3S3/c1-17-6-15-22-25(16-17)38-29(26(22)28-31-23-4-2-3-5-24(23)37-28)32-27(34)18-7-11-20(12-8-18)33-39(35,36)21-13-9-19(30)10-14-21/h2-5,7-14,17,33H,6,15-16H2,1H3,(H,32,34). The Balaban J connectivity index is 1.26. The van der Waals surface area contributed by atoms with Gasteiger partial charge in [-0.25, -0.2) is 17.8 Å². The maximum Gasteiger partial charge on any atom is 0.261 e. The van der Waals surface area contributed by atoms with Crippen LogP contribution in [0.3, 0.4) is 0 Å². The molecule has 0 aliphatic heterocycles. The highest BCUT2D eigenvalue weighted by Crippen LogP contribution is 2.47. The van der Waals surface area contributed by atoms with E-state index in [-0.39, 0.29) is 10.8 Å². The van der Waals surface area contributed by atoms with Gasteiger partial charge in [0.25, 0.3) is 15.9 Å². The SMILES string of the molecule is CC1CCc2c(sc(NC(=O)c3ccc(NS(=O)(=O)c4ccc(F)cc4)cc3)c2-c2nc3ccccc3s2)C1. The number of nitrogens with zero attached hydrogens (tertiary/aromatic N) is 1. The Labute approximate surface area is 233 Å². The number of para-hydroxylation sites is 1. The fourth-order valence-electron chi connectivity index (χ4n) is 4.74. The number of thiazole rings is 1. The van der Waals surface area contributed by atoms with Gasteiger partial charge in [-0.05, 0) is 91.4 Å². The van der Waals surface area contributed by atoms with E-state index in [9.17, 15) is 17.6 Å². The van der Waals surface area contributed by atoms with Gasteiger partial charge in [-0.2, -0.15) is 0 Å². The molecular formula is C29H24FN3O3S3. The molecule has 0 radical (unpaired) electrons. The molecule has 1 unspecified atom stereocenters. The number of carbonyl (C=O) groups is 1. The molecule has 10 heteroatoms. The number of hydrogen-bond donors (Lipinski definition) is 2. The molecule has 2 heterocycles. The molecule has 6 nitrogen and oxygen atoms in total. The van der Waals surface area contributed by atoms with Crippen LogP contribution in [0.4, 0.5) is 15.1 Å². The van der Waals surface area contributed by atoms with Gasteiger partial charge in [-0.3, -0.25) is 9.52 Å². The smallest absolute Gasteiger partial charge is 0.261 e. The molecular weight excluding hydrogens is 554 g/mol. The quantitative estimate of drug-likeness (QED) is 0.221. The van der Waals surface area contributed by atoms with Crippen molar-refractivity contribution in [1.29, 1.82) is 0 Å². The van der Waals surface area contributed by atoms with Gasteiger partial charge >= 0.3 is 0 Å². The van der Waals surface area contributed by atoms with Gasteiger partial charge in [0.15, 0.2) is 0 Å². The highest BCUT2D eigenvalue weighted by molar-refractivity contribution is 7.92. The first kappa shape index (κ1) is 25.7. The first-order chi connectivity index (χ1) is 18.8. The second-order valence-electron chi connectivity index (χ2n) is 9.63. The molecule has 0 saturated heterocycles. The molecule has 39 heavy (non-hydrogen) atoms. The number of nitrogens with one attached hydrogen (secondary N) is 2. The fraction of sp³-hybridized carbons (Fsp3) is 0.172. The van der Waals surface area contributed by atoms with E-state index in [1.54, 1.807) is 34.8 Å². The number of sulfonamides is 1. The second-order valence-corrected chi connectivity index (χ2v) is 13.5. The summed E-state index contributed by atoms with van der Waals surface area (Å²) in [5.74, 6) is -0.206. The van der Waals surface area contributed by atoms with Crippen LogP contribution in [0, 0.1) is 11.7 Å². The van der Waals surface area contributed by atoms with E-state index in [4.69, 9.17) is 4.98 Å². The van der Waals surface area contributed by atoms with Crippen molar-refractivity contribution >= 4 is 59.5 Å². The molecule has 2 N–H and O–H groups in total. The molecule has 1 aliphatic rings. The second kappa shape index (κ2) is 10.2. The van der Waals surface area contributed by atoms with Crippen LogP contribution in [0.1, 0.15) is 34.1 Å². The number of rotatable bonds is 6. The van der Waals surface area contributed by atoms with E-state index >= 15 is 0 Å². The van der Waals surface area contributed by atoms with Crippen LogP contribution in [-0.2, 0) is 22.9 Å². The highest BCUT2D eigenvalue weighted by atomic mass is 32.2. The molecule has 1 amide bonds. The molecule has 198 valence electrons. The van der Waals surface area contributed by atoms with Crippen LogP contribution < -0.4 is 10.0 Å². The van der Waals surface area contributed by atoms with Crippen LogP contribution in [0.25, 0.3) is 20.8 Å². The van der Waals surface area contributed by atoms with Crippen molar-refractivity contribution in [3.63, 3.8) is 0 Å². The Morgan fingerprint density at radius 1 is 1.00 bits per heavy atom. The maximum atomic E-state index is 13.3. The van der Waals surface area contributed by atoms with E-state index in [1.807, 2.05) is 18.2 Å². The summed E-state index contributed by atoms with van der Waals surface area (Å²) in [6, 6.07) is 18.8. The van der Waals surface area contributed by atoms with Crippen molar-refractivity contribution in [2.75, 3.05) is 10.0 Å². The Hall–Kier alpha value is -3.60. The zero-order valence-electron chi connectivity index (χ0n) is 20.9. The number of fused-ring (bicyclic) bond motifs is 2. The molecule has 3 aromatic carbocycles. The topological polar surface area (TPSA) is 88.2 Å². The first-order valence-electron chi connectivity index (χ1n) is 12.5. The van der Waals surface area contributed by atoms with E-state index in [0.717, 1.165) is 57.2 Å². The van der Waals surface area contributed by atoms with Crippen LogP contribution in [0.15, 0.2) is 77.7 Å². The Morgan fingerprint density at radius 3 is 2.49 bits per heavy atom. The predicted molar refractivity (Wildman–Crippen MR) is 156 cm³/mol. The summed E-state index contributed by atoms with van der Waals surface area (Å²) in [6.07, 6.45) is 3.04. The molecule has 1 aliphatic carbocycles. The lowest BCUT2D eigenvalue weighted by molar-refractivity contribution is 0.102.